The zero-order valence-corrected chi connectivity index (χ0v) is 15.8. The molecule has 2 atom stereocenters. The number of nitrogens with one attached hydrogen (secondary N) is 1. The summed E-state index contributed by atoms with van der Waals surface area (Å²) in [6.45, 7) is 0. The van der Waals surface area contributed by atoms with Gasteiger partial charge < -0.3 is 10.4 Å². The van der Waals surface area contributed by atoms with Crippen LogP contribution in [-0.2, 0) is 9.59 Å². The van der Waals surface area contributed by atoms with E-state index in [-0.39, 0.29) is 17.6 Å². The lowest BCUT2D eigenvalue weighted by Crippen LogP contribution is -2.26. The molecule has 3 aromatic rings. The van der Waals surface area contributed by atoms with Gasteiger partial charge in [0.15, 0.2) is 0 Å². The van der Waals surface area contributed by atoms with Gasteiger partial charge in [0.05, 0.1) is 16.9 Å². The Morgan fingerprint density at radius 2 is 1.85 bits per heavy atom. The highest BCUT2D eigenvalue weighted by atomic mass is 35.5. The number of carboxylic acid groups (broad SMARTS) is 1. The number of aliphatic carboxylic acids is 1. The summed E-state index contributed by atoms with van der Waals surface area (Å²) in [6, 6.07) is 19.4. The SMILES string of the molecule is O=C(O)C[C@@H]1S[C@@H](c2cccc3ccccc23)c2cc(Cl)ccc2NC1=O. The summed E-state index contributed by atoms with van der Waals surface area (Å²) in [6.07, 6.45) is -0.237. The van der Waals surface area contributed by atoms with Crippen LogP contribution < -0.4 is 5.32 Å². The van der Waals surface area contributed by atoms with E-state index < -0.39 is 11.2 Å². The van der Waals surface area contributed by atoms with Crippen molar-refractivity contribution in [1.82, 2.24) is 0 Å². The van der Waals surface area contributed by atoms with Crippen molar-refractivity contribution >= 4 is 51.7 Å². The van der Waals surface area contributed by atoms with E-state index in [9.17, 15) is 14.7 Å². The molecular formula is C21H16ClNO3S. The van der Waals surface area contributed by atoms with Crippen molar-refractivity contribution in [3.8, 4) is 0 Å². The number of hydrogen-bond acceptors (Lipinski definition) is 3. The minimum atomic E-state index is -0.997. The topological polar surface area (TPSA) is 66.4 Å². The van der Waals surface area contributed by atoms with Gasteiger partial charge in [0.2, 0.25) is 5.91 Å². The lowest BCUT2D eigenvalue weighted by molar-refractivity contribution is -0.138. The van der Waals surface area contributed by atoms with Gasteiger partial charge in [-0.3, -0.25) is 9.59 Å². The molecule has 0 aromatic heterocycles. The Balaban J connectivity index is 1.91. The summed E-state index contributed by atoms with van der Waals surface area (Å²) in [5.74, 6) is -1.29. The van der Waals surface area contributed by atoms with Crippen molar-refractivity contribution in [2.45, 2.75) is 16.9 Å². The fourth-order valence-electron chi connectivity index (χ4n) is 3.40. The maximum atomic E-state index is 12.6. The molecule has 4 rings (SSSR count). The first kappa shape index (κ1) is 17.9. The molecule has 3 aromatic carbocycles. The maximum Gasteiger partial charge on any atom is 0.305 e. The van der Waals surface area contributed by atoms with Gasteiger partial charge in [-0.1, -0.05) is 54.1 Å². The van der Waals surface area contributed by atoms with E-state index in [2.05, 4.69) is 5.32 Å². The van der Waals surface area contributed by atoms with Crippen LogP contribution in [0.25, 0.3) is 10.8 Å². The predicted octanol–water partition coefficient (Wildman–Crippen LogP) is 5.11. The van der Waals surface area contributed by atoms with Crippen LogP contribution in [-0.4, -0.2) is 22.2 Å². The molecule has 1 aliphatic rings. The second-order valence-electron chi connectivity index (χ2n) is 6.39. The summed E-state index contributed by atoms with van der Waals surface area (Å²) < 4.78 is 0. The number of carbonyl (C=O) groups is 2. The molecule has 0 saturated heterocycles. The van der Waals surface area contributed by atoms with Crippen molar-refractivity contribution in [2.24, 2.45) is 0 Å². The third-order valence-corrected chi connectivity index (χ3v) is 6.34. The predicted molar refractivity (Wildman–Crippen MR) is 110 cm³/mol. The van der Waals surface area contributed by atoms with Crippen LogP contribution >= 0.6 is 23.4 Å². The molecular weight excluding hydrogens is 382 g/mol. The van der Waals surface area contributed by atoms with Gasteiger partial charge in [-0.2, -0.15) is 0 Å². The highest BCUT2D eigenvalue weighted by Gasteiger charge is 2.33. The molecule has 1 aliphatic heterocycles. The van der Waals surface area contributed by atoms with Gasteiger partial charge in [-0.05, 0) is 40.1 Å². The number of amides is 1. The molecule has 27 heavy (non-hydrogen) atoms. The number of carbonyl (C=O) groups excluding carboxylic acids is 1. The highest BCUT2D eigenvalue weighted by molar-refractivity contribution is 8.01. The normalized spacial score (nSPS) is 19.2. The number of benzene rings is 3. The van der Waals surface area contributed by atoms with Crippen LogP contribution in [0.5, 0.6) is 0 Å². The zero-order chi connectivity index (χ0) is 19.0. The number of thioether (sulfide) groups is 1. The maximum absolute atomic E-state index is 12.6. The summed E-state index contributed by atoms with van der Waals surface area (Å²) in [5, 5.41) is 14.0. The number of rotatable bonds is 3. The first-order chi connectivity index (χ1) is 13.0. The van der Waals surface area contributed by atoms with Crippen molar-refractivity contribution in [2.75, 3.05) is 5.32 Å². The molecule has 0 bridgehead atoms. The molecule has 0 spiro atoms. The summed E-state index contributed by atoms with van der Waals surface area (Å²) >= 11 is 7.60. The van der Waals surface area contributed by atoms with E-state index in [1.54, 1.807) is 12.1 Å². The number of hydrogen-bond donors (Lipinski definition) is 2. The largest absolute Gasteiger partial charge is 0.481 e. The monoisotopic (exact) mass is 397 g/mol. The molecule has 1 heterocycles. The summed E-state index contributed by atoms with van der Waals surface area (Å²) in [5.41, 5.74) is 2.58. The Morgan fingerprint density at radius 1 is 1.07 bits per heavy atom. The number of anilines is 1. The van der Waals surface area contributed by atoms with Gasteiger partial charge in [0.1, 0.15) is 0 Å². The lowest BCUT2D eigenvalue weighted by Gasteiger charge is -2.21. The number of carboxylic acids is 1. The van der Waals surface area contributed by atoms with E-state index >= 15 is 0 Å². The minimum Gasteiger partial charge on any atom is -0.481 e. The third kappa shape index (κ3) is 3.53. The first-order valence-corrected chi connectivity index (χ1v) is 9.80. The van der Waals surface area contributed by atoms with Crippen molar-refractivity contribution < 1.29 is 14.7 Å². The van der Waals surface area contributed by atoms with E-state index in [0.29, 0.717) is 10.7 Å². The average molecular weight is 398 g/mol. The van der Waals surface area contributed by atoms with Gasteiger partial charge >= 0.3 is 5.97 Å². The third-order valence-electron chi connectivity index (χ3n) is 4.61. The molecule has 4 nitrogen and oxygen atoms in total. The molecule has 6 heteroatoms. The van der Waals surface area contributed by atoms with Gasteiger partial charge in [0.25, 0.3) is 0 Å². The van der Waals surface area contributed by atoms with Crippen LogP contribution in [0.15, 0.2) is 60.7 Å². The smallest absolute Gasteiger partial charge is 0.305 e. The molecule has 2 N–H and O–H groups in total. The van der Waals surface area contributed by atoms with Gasteiger partial charge in [0, 0.05) is 10.7 Å². The van der Waals surface area contributed by atoms with Crippen LogP contribution in [0, 0.1) is 0 Å². The van der Waals surface area contributed by atoms with E-state index in [1.165, 1.54) is 11.8 Å². The van der Waals surface area contributed by atoms with E-state index in [1.807, 2.05) is 48.5 Å². The average Bonchev–Trinajstić information content (AvgIpc) is 2.78. The Bertz CT molecular complexity index is 1050. The molecule has 0 fully saturated rings. The highest BCUT2D eigenvalue weighted by Crippen LogP contribution is 2.47. The first-order valence-electron chi connectivity index (χ1n) is 8.48. The number of fused-ring (bicyclic) bond motifs is 2. The Labute approximate surface area is 165 Å². The summed E-state index contributed by atoms with van der Waals surface area (Å²) in [7, 11) is 0. The molecule has 0 saturated carbocycles. The van der Waals surface area contributed by atoms with Gasteiger partial charge in [-0.25, -0.2) is 0 Å². The Kier molecular flexibility index (Phi) is 4.81. The minimum absolute atomic E-state index is 0.215. The Hall–Kier alpha value is -2.50. The second kappa shape index (κ2) is 7.25. The van der Waals surface area contributed by atoms with Crippen LogP contribution in [0.3, 0.4) is 0 Å². The van der Waals surface area contributed by atoms with Crippen LogP contribution in [0.4, 0.5) is 5.69 Å². The molecule has 0 aliphatic carbocycles. The fraction of sp³-hybridized carbons (Fsp3) is 0.143. The number of halogens is 1. The summed E-state index contributed by atoms with van der Waals surface area (Å²) in [4.78, 5) is 23.9. The van der Waals surface area contributed by atoms with Crippen molar-refractivity contribution in [1.29, 1.82) is 0 Å². The van der Waals surface area contributed by atoms with Gasteiger partial charge in [-0.15, -0.1) is 11.8 Å². The molecule has 0 unspecified atom stereocenters. The molecule has 0 radical (unpaired) electrons. The van der Waals surface area contributed by atoms with Crippen LogP contribution in [0.2, 0.25) is 5.02 Å². The fourth-order valence-corrected chi connectivity index (χ4v) is 5.02. The lowest BCUT2D eigenvalue weighted by atomic mass is 9.97. The van der Waals surface area contributed by atoms with E-state index in [4.69, 9.17) is 11.6 Å². The van der Waals surface area contributed by atoms with E-state index in [0.717, 1.165) is 21.9 Å². The zero-order valence-electron chi connectivity index (χ0n) is 14.2. The second-order valence-corrected chi connectivity index (χ2v) is 8.14. The quantitative estimate of drug-likeness (QED) is 0.644. The Morgan fingerprint density at radius 3 is 2.67 bits per heavy atom. The standard InChI is InChI=1S/C21H16ClNO3S/c22-13-8-9-17-16(10-13)20(27-18(11-19(24)25)21(26)23-17)15-7-3-5-12-4-1-2-6-14(12)15/h1-10,18,20H,11H2,(H,23,26)(H,24,25)/t18-,20-/m0/s1. The molecule has 136 valence electrons. The van der Waals surface area contributed by atoms with Crippen molar-refractivity contribution in [3.05, 3.63) is 76.8 Å². The molecule has 1 amide bonds. The van der Waals surface area contributed by atoms with Crippen LogP contribution in [0.1, 0.15) is 22.8 Å². The van der Waals surface area contributed by atoms with Crippen molar-refractivity contribution in [3.63, 3.8) is 0 Å².